The Morgan fingerprint density at radius 1 is 1.60 bits per heavy atom. The first-order valence-corrected chi connectivity index (χ1v) is 4.23. The molecule has 0 amide bonds. The molecule has 2 N–H and O–H groups in total. The Morgan fingerprint density at radius 2 is 2.40 bits per heavy atom. The van der Waals surface area contributed by atoms with E-state index in [1.165, 1.54) is 6.42 Å². The fourth-order valence-electron chi connectivity index (χ4n) is 1.57. The molecule has 0 unspecified atom stereocenters. The predicted octanol–water partition coefficient (Wildman–Crippen LogP) is 0.757. The molecular formula is C8H17NO. The number of aliphatic hydroxyl groups excluding tert-OH is 1. The number of rotatable bonds is 2. The molecule has 0 aromatic carbocycles. The van der Waals surface area contributed by atoms with Gasteiger partial charge in [-0.05, 0) is 25.3 Å². The molecule has 60 valence electrons. The summed E-state index contributed by atoms with van der Waals surface area (Å²) in [6.07, 6.45) is 3.24. The van der Waals surface area contributed by atoms with Crippen molar-refractivity contribution in [3.63, 3.8) is 0 Å². The number of hydrogen-bond donors (Lipinski definition) is 2. The van der Waals surface area contributed by atoms with E-state index in [1.54, 1.807) is 0 Å². The molecule has 1 saturated heterocycles. The minimum atomic E-state index is -0.0406. The standard InChI is InChI=1S/C8H17NO/c1-2-3-7-6-9-5-4-8(7)10/h7-10H,2-6H2,1H3/t7-,8+/m0/s1. The molecule has 1 aliphatic rings. The van der Waals surface area contributed by atoms with E-state index in [0.29, 0.717) is 5.92 Å². The second kappa shape index (κ2) is 3.94. The average molecular weight is 143 g/mol. The van der Waals surface area contributed by atoms with Gasteiger partial charge in [0.2, 0.25) is 0 Å². The van der Waals surface area contributed by atoms with Crippen molar-refractivity contribution in [2.75, 3.05) is 13.1 Å². The Labute approximate surface area is 62.6 Å². The van der Waals surface area contributed by atoms with Gasteiger partial charge in [-0.3, -0.25) is 0 Å². The average Bonchev–Trinajstić information content (AvgIpc) is 1.94. The molecular weight excluding hydrogens is 126 g/mol. The van der Waals surface area contributed by atoms with E-state index in [1.807, 2.05) is 0 Å². The van der Waals surface area contributed by atoms with E-state index in [2.05, 4.69) is 12.2 Å². The lowest BCUT2D eigenvalue weighted by molar-refractivity contribution is 0.0741. The van der Waals surface area contributed by atoms with Crippen molar-refractivity contribution in [1.82, 2.24) is 5.32 Å². The number of piperidine rings is 1. The van der Waals surface area contributed by atoms with Gasteiger partial charge in [-0.15, -0.1) is 0 Å². The van der Waals surface area contributed by atoms with E-state index >= 15 is 0 Å². The third-order valence-electron chi connectivity index (χ3n) is 2.23. The minimum Gasteiger partial charge on any atom is -0.393 e. The Kier molecular flexibility index (Phi) is 3.16. The normalized spacial score (nSPS) is 34.2. The van der Waals surface area contributed by atoms with Gasteiger partial charge >= 0.3 is 0 Å². The molecule has 2 nitrogen and oxygen atoms in total. The Morgan fingerprint density at radius 3 is 3.00 bits per heavy atom. The third-order valence-corrected chi connectivity index (χ3v) is 2.23. The van der Waals surface area contributed by atoms with Gasteiger partial charge in [0, 0.05) is 6.54 Å². The van der Waals surface area contributed by atoms with Crippen molar-refractivity contribution in [2.24, 2.45) is 5.92 Å². The van der Waals surface area contributed by atoms with Crippen LogP contribution in [-0.2, 0) is 0 Å². The first-order valence-electron chi connectivity index (χ1n) is 4.23. The molecule has 0 bridgehead atoms. The van der Waals surface area contributed by atoms with Gasteiger partial charge in [-0.25, -0.2) is 0 Å². The summed E-state index contributed by atoms with van der Waals surface area (Å²) < 4.78 is 0. The van der Waals surface area contributed by atoms with Crippen LogP contribution in [0.2, 0.25) is 0 Å². The fourth-order valence-corrected chi connectivity index (χ4v) is 1.57. The highest BCUT2D eigenvalue weighted by Crippen LogP contribution is 2.15. The molecule has 10 heavy (non-hydrogen) atoms. The molecule has 2 heteroatoms. The molecule has 0 aromatic heterocycles. The molecule has 0 saturated carbocycles. The largest absolute Gasteiger partial charge is 0.393 e. The lowest BCUT2D eigenvalue weighted by atomic mass is 9.92. The summed E-state index contributed by atoms with van der Waals surface area (Å²) in [5.41, 5.74) is 0. The number of aliphatic hydroxyl groups is 1. The zero-order chi connectivity index (χ0) is 7.40. The van der Waals surface area contributed by atoms with Gasteiger partial charge < -0.3 is 10.4 Å². The lowest BCUT2D eigenvalue weighted by Crippen LogP contribution is -2.39. The molecule has 0 aliphatic carbocycles. The maximum Gasteiger partial charge on any atom is 0.0592 e. The summed E-state index contributed by atoms with van der Waals surface area (Å²) in [5.74, 6) is 0.513. The van der Waals surface area contributed by atoms with Crippen molar-refractivity contribution >= 4 is 0 Å². The second-order valence-corrected chi connectivity index (χ2v) is 3.11. The van der Waals surface area contributed by atoms with E-state index in [4.69, 9.17) is 0 Å². The van der Waals surface area contributed by atoms with Crippen molar-refractivity contribution < 1.29 is 5.11 Å². The highest BCUT2D eigenvalue weighted by molar-refractivity contribution is 4.76. The van der Waals surface area contributed by atoms with Crippen molar-refractivity contribution in [3.05, 3.63) is 0 Å². The van der Waals surface area contributed by atoms with E-state index in [-0.39, 0.29) is 6.10 Å². The molecule has 2 atom stereocenters. The summed E-state index contributed by atoms with van der Waals surface area (Å²) in [6.45, 7) is 4.16. The first kappa shape index (κ1) is 8.02. The van der Waals surface area contributed by atoms with E-state index in [9.17, 15) is 5.11 Å². The van der Waals surface area contributed by atoms with Crippen LogP contribution >= 0.6 is 0 Å². The zero-order valence-corrected chi connectivity index (χ0v) is 6.64. The number of nitrogens with one attached hydrogen (secondary N) is 1. The maximum absolute atomic E-state index is 9.46. The summed E-state index contributed by atoms with van der Waals surface area (Å²) >= 11 is 0. The summed E-state index contributed by atoms with van der Waals surface area (Å²) in [4.78, 5) is 0. The summed E-state index contributed by atoms with van der Waals surface area (Å²) in [5, 5.41) is 12.8. The topological polar surface area (TPSA) is 32.3 Å². The third kappa shape index (κ3) is 1.96. The van der Waals surface area contributed by atoms with Gasteiger partial charge in [0.05, 0.1) is 6.10 Å². The first-order chi connectivity index (χ1) is 4.84. The molecule has 0 aromatic rings. The van der Waals surface area contributed by atoms with Gasteiger partial charge in [-0.1, -0.05) is 13.3 Å². The van der Waals surface area contributed by atoms with Crippen LogP contribution < -0.4 is 5.32 Å². The van der Waals surface area contributed by atoms with Crippen LogP contribution in [0, 0.1) is 5.92 Å². The predicted molar refractivity (Wildman–Crippen MR) is 41.9 cm³/mol. The van der Waals surface area contributed by atoms with E-state index in [0.717, 1.165) is 25.9 Å². The van der Waals surface area contributed by atoms with Crippen molar-refractivity contribution in [1.29, 1.82) is 0 Å². The monoisotopic (exact) mass is 143 g/mol. The van der Waals surface area contributed by atoms with Crippen LogP contribution in [0.4, 0.5) is 0 Å². The molecule has 0 radical (unpaired) electrons. The Hall–Kier alpha value is -0.0800. The van der Waals surface area contributed by atoms with Crippen molar-refractivity contribution in [2.45, 2.75) is 32.3 Å². The van der Waals surface area contributed by atoms with Crippen LogP contribution in [0.5, 0.6) is 0 Å². The Balaban J connectivity index is 2.25. The maximum atomic E-state index is 9.46. The highest BCUT2D eigenvalue weighted by atomic mass is 16.3. The van der Waals surface area contributed by atoms with Crippen LogP contribution in [0.3, 0.4) is 0 Å². The fraction of sp³-hybridized carbons (Fsp3) is 1.00. The van der Waals surface area contributed by atoms with Gasteiger partial charge in [0.1, 0.15) is 0 Å². The highest BCUT2D eigenvalue weighted by Gasteiger charge is 2.20. The zero-order valence-electron chi connectivity index (χ0n) is 6.64. The van der Waals surface area contributed by atoms with Crippen LogP contribution in [0.25, 0.3) is 0 Å². The quantitative estimate of drug-likeness (QED) is 0.598. The number of hydrogen-bond acceptors (Lipinski definition) is 2. The molecule has 1 fully saturated rings. The van der Waals surface area contributed by atoms with Gasteiger partial charge in [0.15, 0.2) is 0 Å². The Bertz CT molecular complexity index is 93.3. The lowest BCUT2D eigenvalue weighted by Gasteiger charge is -2.27. The van der Waals surface area contributed by atoms with Gasteiger partial charge in [0.25, 0.3) is 0 Å². The van der Waals surface area contributed by atoms with Crippen LogP contribution in [0.1, 0.15) is 26.2 Å². The molecule has 1 heterocycles. The summed E-state index contributed by atoms with van der Waals surface area (Å²) in [7, 11) is 0. The van der Waals surface area contributed by atoms with E-state index < -0.39 is 0 Å². The molecule has 0 spiro atoms. The minimum absolute atomic E-state index is 0.0406. The molecule has 1 rings (SSSR count). The molecule has 1 aliphatic heterocycles. The van der Waals surface area contributed by atoms with Crippen LogP contribution in [-0.4, -0.2) is 24.3 Å². The SMILES string of the molecule is CCC[C@H]1CNCC[C@H]1O. The van der Waals surface area contributed by atoms with Crippen molar-refractivity contribution in [3.8, 4) is 0 Å². The van der Waals surface area contributed by atoms with Gasteiger partial charge in [-0.2, -0.15) is 0 Å². The smallest absolute Gasteiger partial charge is 0.0592 e. The summed E-state index contributed by atoms with van der Waals surface area (Å²) in [6, 6.07) is 0. The van der Waals surface area contributed by atoms with Crippen LogP contribution in [0.15, 0.2) is 0 Å². The second-order valence-electron chi connectivity index (χ2n) is 3.11.